The maximum Gasteiger partial charge on any atom is 0.210 e. The molecule has 1 fully saturated rings. The van der Waals surface area contributed by atoms with Crippen LogP contribution in [0.25, 0.3) is 6.08 Å². The molecule has 0 aromatic heterocycles. The van der Waals surface area contributed by atoms with E-state index in [1.54, 1.807) is 18.2 Å². The van der Waals surface area contributed by atoms with Gasteiger partial charge >= 0.3 is 0 Å². The van der Waals surface area contributed by atoms with Gasteiger partial charge in [0.05, 0.1) is 4.90 Å². The molecule has 1 heterocycles. The zero-order valence-corrected chi connectivity index (χ0v) is 12.1. The molecular weight excluding hydrogens is 274 g/mol. The molecule has 0 amide bonds. The van der Waals surface area contributed by atoms with Crippen molar-refractivity contribution in [3.63, 3.8) is 0 Å². The summed E-state index contributed by atoms with van der Waals surface area (Å²) in [6, 6.07) is 7.08. The van der Waals surface area contributed by atoms with Crippen LogP contribution in [0.2, 0.25) is 0 Å². The lowest BCUT2D eigenvalue weighted by molar-refractivity contribution is -0.104. The molecular formula is C15H19NO3S. The smallest absolute Gasteiger partial charge is 0.210 e. The van der Waals surface area contributed by atoms with Crippen molar-refractivity contribution in [2.45, 2.75) is 43.0 Å². The molecule has 3 rings (SSSR count). The van der Waals surface area contributed by atoms with Gasteiger partial charge < -0.3 is 5.73 Å². The second kappa shape index (κ2) is 6.33. The van der Waals surface area contributed by atoms with E-state index in [-0.39, 0.29) is 9.80 Å². The first-order chi connectivity index (χ1) is 9.55. The molecule has 5 heteroatoms. The third-order valence-electron chi connectivity index (χ3n) is 3.58. The lowest BCUT2D eigenvalue weighted by atomic mass is 9.97. The van der Waals surface area contributed by atoms with E-state index in [1.807, 2.05) is 0 Å². The van der Waals surface area contributed by atoms with Crippen molar-refractivity contribution in [1.82, 2.24) is 0 Å². The van der Waals surface area contributed by atoms with Gasteiger partial charge in [0.2, 0.25) is 9.84 Å². The van der Waals surface area contributed by atoms with Crippen LogP contribution in [0.1, 0.15) is 37.7 Å². The average molecular weight is 293 g/mol. The monoisotopic (exact) mass is 293 g/mol. The van der Waals surface area contributed by atoms with E-state index in [4.69, 9.17) is 5.73 Å². The summed E-state index contributed by atoms with van der Waals surface area (Å²) in [5.74, 6) is 0. The number of carbonyl (C=O) groups is 1. The van der Waals surface area contributed by atoms with Crippen LogP contribution in [0, 0.1) is 0 Å². The van der Waals surface area contributed by atoms with Crippen molar-refractivity contribution in [3.8, 4) is 0 Å². The van der Waals surface area contributed by atoms with Crippen LogP contribution in [0.5, 0.6) is 0 Å². The maximum absolute atomic E-state index is 11.5. The molecule has 2 aliphatic rings. The topological polar surface area (TPSA) is 77.2 Å². The van der Waals surface area contributed by atoms with E-state index in [0.717, 1.165) is 0 Å². The number of hydrogen-bond acceptors (Lipinski definition) is 4. The van der Waals surface area contributed by atoms with Crippen LogP contribution in [0.3, 0.4) is 0 Å². The van der Waals surface area contributed by atoms with Gasteiger partial charge in [0.15, 0.2) is 6.29 Å². The number of hydrogen-bond donors (Lipinski definition) is 1. The molecule has 1 saturated carbocycles. The summed E-state index contributed by atoms with van der Waals surface area (Å²) < 4.78 is 23.0. The Bertz CT molecular complexity index is 614. The van der Waals surface area contributed by atoms with Crippen LogP contribution in [0.15, 0.2) is 34.1 Å². The lowest BCUT2D eigenvalue weighted by Crippen LogP contribution is -2.22. The number of sulfone groups is 1. The Balaban J connectivity index is 0.000000178. The fourth-order valence-corrected chi connectivity index (χ4v) is 3.79. The van der Waals surface area contributed by atoms with E-state index >= 15 is 0 Å². The number of allylic oxidation sites excluding steroid dienone is 1. The molecule has 4 nitrogen and oxygen atoms in total. The summed E-state index contributed by atoms with van der Waals surface area (Å²) in [5.41, 5.74) is 6.22. The molecule has 1 aliphatic carbocycles. The molecule has 0 unspecified atom stereocenters. The van der Waals surface area contributed by atoms with Crippen LogP contribution >= 0.6 is 0 Å². The standard InChI is InChI=1S/C9H6O3S.C6H13N/c10-6-8-5-7-3-1-2-4-9(7)13(8,11)12;7-6-4-2-1-3-5-6/h1-6H;6H,1-5,7H2. The molecule has 0 bridgehead atoms. The SMILES string of the molecule is NC1CCCCC1.O=CC1=Cc2ccccc2S1(=O)=O. The van der Waals surface area contributed by atoms with Crippen LogP contribution in [-0.2, 0) is 14.6 Å². The van der Waals surface area contributed by atoms with Crippen molar-refractivity contribution in [3.05, 3.63) is 34.7 Å². The average Bonchev–Trinajstić information content (AvgIpc) is 2.72. The highest BCUT2D eigenvalue weighted by Crippen LogP contribution is 2.30. The summed E-state index contributed by atoms with van der Waals surface area (Å²) >= 11 is 0. The molecule has 1 aromatic rings. The zero-order valence-electron chi connectivity index (χ0n) is 11.3. The highest BCUT2D eigenvalue weighted by molar-refractivity contribution is 7.96. The van der Waals surface area contributed by atoms with E-state index < -0.39 is 9.84 Å². The molecule has 0 saturated heterocycles. The summed E-state index contributed by atoms with van der Waals surface area (Å²) in [5, 5.41) is 0. The second-order valence-corrected chi connectivity index (χ2v) is 7.02. The van der Waals surface area contributed by atoms with Gasteiger partial charge in [-0.3, -0.25) is 4.79 Å². The number of nitrogens with two attached hydrogens (primary N) is 1. The number of rotatable bonds is 1. The fourth-order valence-electron chi connectivity index (χ4n) is 2.43. The fraction of sp³-hybridized carbons (Fsp3) is 0.400. The van der Waals surface area contributed by atoms with Crippen molar-refractivity contribution >= 4 is 22.2 Å². The molecule has 0 atom stereocenters. The van der Waals surface area contributed by atoms with Gasteiger partial charge in [-0.05, 0) is 30.5 Å². The minimum atomic E-state index is -3.50. The van der Waals surface area contributed by atoms with E-state index in [9.17, 15) is 13.2 Å². The highest BCUT2D eigenvalue weighted by Gasteiger charge is 2.28. The van der Waals surface area contributed by atoms with Gasteiger partial charge in [-0.2, -0.15) is 0 Å². The van der Waals surface area contributed by atoms with Crippen molar-refractivity contribution in [2.24, 2.45) is 5.73 Å². The van der Waals surface area contributed by atoms with Gasteiger partial charge in [0.25, 0.3) is 0 Å². The summed E-state index contributed by atoms with van der Waals surface area (Å²) in [4.78, 5) is 10.5. The van der Waals surface area contributed by atoms with Gasteiger partial charge in [-0.25, -0.2) is 8.42 Å². The maximum atomic E-state index is 11.5. The van der Waals surface area contributed by atoms with E-state index in [0.29, 0.717) is 17.9 Å². The molecule has 0 spiro atoms. The highest BCUT2D eigenvalue weighted by atomic mass is 32.2. The van der Waals surface area contributed by atoms with Crippen LogP contribution in [-0.4, -0.2) is 20.7 Å². The summed E-state index contributed by atoms with van der Waals surface area (Å²) in [6.45, 7) is 0. The molecule has 108 valence electrons. The van der Waals surface area contributed by atoms with Gasteiger partial charge in [-0.15, -0.1) is 0 Å². The minimum absolute atomic E-state index is 0.159. The number of aldehydes is 1. The molecule has 0 radical (unpaired) electrons. The zero-order chi connectivity index (χ0) is 14.6. The third-order valence-corrected chi connectivity index (χ3v) is 5.37. The number of fused-ring (bicyclic) bond motifs is 1. The number of carbonyl (C=O) groups excluding carboxylic acids is 1. The Labute approximate surface area is 119 Å². The first-order valence-corrected chi connectivity index (χ1v) is 8.30. The second-order valence-electron chi connectivity index (χ2n) is 5.10. The van der Waals surface area contributed by atoms with Crippen molar-refractivity contribution < 1.29 is 13.2 Å². The van der Waals surface area contributed by atoms with Gasteiger partial charge in [0.1, 0.15) is 4.91 Å². The van der Waals surface area contributed by atoms with Crippen molar-refractivity contribution in [1.29, 1.82) is 0 Å². The summed E-state index contributed by atoms with van der Waals surface area (Å²) in [6.07, 6.45) is 8.42. The molecule has 1 aliphatic heterocycles. The Hall–Kier alpha value is -1.46. The lowest BCUT2D eigenvalue weighted by Gasteiger charge is -2.15. The van der Waals surface area contributed by atoms with Gasteiger partial charge in [0, 0.05) is 6.04 Å². The largest absolute Gasteiger partial charge is 0.328 e. The Morgan fingerprint density at radius 1 is 1.10 bits per heavy atom. The molecule has 20 heavy (non-hydrogen) atoms. The normalized spacial score (nSPS) is 20.4. The molecule has 1 aromatic carbocycles. The van der Waals surface area contributed by atoms with E-state index in [2.05, 4.69) is 0 Å². The molecule has 2 N–H and O–H groups in total. The Morgan fingerprint density at radius 2 is 1.75 bits per heavy atom. The number of benzene rings is 1. The first-order valence-electron chi connectivity index (χ1n) is 6.82. The van der Waals surface area contributed by atoms with Gasteiger partial charge in [-0.1, -0.05) is 37.5 Å². The quantitative estimate of drug-likeness (QED) is 0.806. The van der Waals surface area contributed by atoms with Crippen molar-refractivity contribution in [2.75, 3.05) is 0 Å². The predicted octanol–water partition coefficient (Wildman–Crippen LogP) is 2.29. The van der Waals surface area contributed by atoms with E-state index in [1.165, 1.54) is 44.2 Å². The minimum Gasteiger partial charge on any atom is -0.328 e. The first kappa shape index (κ1) is 14.9. The summed E-state index contributed by atoms with van der Waals surface area (Å²) in [7, 11) is -3.50. The third kappa shape index (κ3) is 3.16. The van der Waals surface area contributed by atoms with Crippen LogP contribution in [0.4, 0.5) is 0 Å². The predicted molar refractivity (Wildman–Crippen MR) is 78.7 cm³/mol. The van der Waals surface area contributed by atoms with Crippen LogP contribution < -0.4 is 5.73 Å². The Kier molecular flexibility index (Phi) is 4.73. The Morgan fingerprint density at radius 3 is 2.25 bits per heavy atom.